The molecule has 2 nitrogen and oxygen atoms in total. The standard InChI is InChI=1S/C22H24Cl2FNO/c1-14(20-7-4-18(23)8-21(20)24)11-26-12-15-9-22(27,10-16(15)13-26)17-2-5-19(25)6-3-17/h2-8,14-16,27H,9-13H2,1H3/t14?,15-,16+,22?. The molecule has 4 rings (SSSR count). The predicted octanol–water partition coefficient (Wildman–Crippen LogP) is 5.47. The number of rotatable bonds is 4. The first-order valence-electron chi connectivity index (χ1n) is 9.50. The van der Waals surface area contributed by atoms with Crippen LogP contribution in [0.15, 0.2) is 42.5 Å². The lowest BCUT2D eigenvalue weighted by Gasteiger charge is -2.27. The van der Waals surface area contributed by atoms with Crippen LogP contribution < -0.4 is 0 Å². The minimum absolute atomic E-state index is 0.262. The van der Waals surface area contributed by atoms with Crippen LogP contribution in [-0.4, -0.2) is 29.6 Å². The van der Waals surface area contributed by atoms with Crippen molar-refractivity contribution in [2.45, 2.75) is 31.3 Å². The van der Waals surface area contributed by atoms with Gasteiger partial charge < -0.3 is 10.0 Å². The minimum atomic E-state index is -0.819. The third-order valence-corrected chi connectivity index (χ3v) is 6.82. The fraction of sp³-hybridized carbons (Fsp3) is 0.455. The number of hydrogen-bond acceptors (Lipinski definition) is 2. The van der Waals surface area contributed by atoms with Crippen LogP contribution in [0.25, 0.3) is 0 Å². The molecular formula is C22H24Cl2FNO. The van der Waals surface area contributed by atoms with Gasteiger partial charge in [-0.3, -0.25) is 0 Å². The Hall–Kier alpha value is -1.13. The highest BCUT2D eigenvalue weighted by Gasteiger charge is 2.49. The first kappa shape index (κ1) is 19.2. The Balaban J connectivity index is 1.39. The lowest BCUT2D eigenvalue weighted by atomic mass is 9.90. The minimum Gasteiger partial charge on any atom is -0.385 e. The van der Waals surface area contributed by atoms with E-state index in [0.717, 1.165) is 48.6 Å². The molecule has 1 N–H and O–H groups in total. The number of nitrogens with zero attached hydrogens (tertiary/aromatic N) is 1. The Labute approximate surface area is 169 Å². The fourth-order valence-electron chi connectivity index (χ4n) is 4.98. The van der Waals surface area contributed by atoms with Crippen molar-refractivity contribution in [3.05, 3.63) is 69.5 Å². The van der Waals surface area contributed by atoms with Crippen LogP contribution >= 0.6 is 23.2 Å². The Morgan fingerprint density at radius 3 is 2.33 bits per heavy atom. The van der Waals surface area contributed by atoms with Crippen LogP contribution in [0.4, 0.5) is 4.39 Å². The molecule has 27 heavy (non-hydrogen) atoms. The van der Waals surface area contributed by atoms with Crippen molar-refractivity contribution in [1.29, 1.82) is 0 Å². The second-order valence-corrected chi connectivity index (χ2v) is 9.10. The summed E-state index contributed by atoms with van der Waals surface area (Å²) < 4.78 is 13.2. The van der Waals surface area contributed by atoms with Crippen molar-refractivity contribution >= 4 is 23.2 Å². The van der Waals surface area contributed by atoms with E-state index in [1.807, 2.05) is 12.1 Å². The van der Waals surface area contributed by atoms with Gasteiger partial charge in [0.1, 0.15) is 5.82 Å². The van der Waals surface area contributed by atoms with E-state index >= 15 is 0 Å². The van der Waals surface area contributed by atoms with E-state index in [0.29, 0.717) is 22.8 Å². The molecule has 0 bridgehead atoms. The van der Waals surface area contributed by atoms with Gasteiger partial charge in [-0.05, 0) is 66.0 Å². The van der Waals surface area contributed by atoms with Crippen LogP contribution in [0, 0.1) is 17.7 Å². The van der Waals surface area contributed by atoms with Crippen LogP contribution in [0.5, 0.6) is 0 Å². The maximum atomic E-state index is 13.2. The van der Waals surface area contributed by atoms with Crippen molar-refractivity contribution in [2.75, 3.05) is 19.6 Å². The van der Waals surface area contributed by atoms with Gasteiger partial charge in [-0.15, -0.1) is 0 Å². The third kappa shape index (κ3) is 3.88. The summed E-state index contributed by atoms with van der Waals surface area (Å²) in [6.45, 7) is 5.12. The maximum absolute atomic E-state index is 13.2. The third-order valence-electron chi connectivity index (χ3n) is 6.26. The number of aliphatic hydroxyl groups is 1. The first-order chi connectivity index (χ1) is 12.8. The van der Waals surface area contributed by atoms with Crippen molar-refractivity contribution in [3.8, 4) is 0 Å². The highest BCUT2D eigenvalue weighted by atomic mass is 35.5. The molecule has 2 unspecified atom stereocenters. The van der Waals surface area contributed by atoms with Crippen molar-refractivity contribution in [2.24, 2.45) is 11.8 Å². The zero-order chi connectivity index (χ0) is 19.2. The zero-order valence-corrected chi connectivity index (χ0v) is 16.8. The monoisotopic (exact) mass is 407 g/mol. The smallest absolute Gasteiger partial charge is 0.123 e. The molecule has 1 saturated carbocycles. The Morgan fingerprint density at radius 2 is 1.74 bits per heavy atom. The summed E-state index contributed by atoms with van der Waals surface area (Å²) in [4.78, 5) is 2.48. The highest BCUT2D eigenvalue weighted by molar-refractivity contribution is 6.35. The van der Waals surface area contributed by atoms with Crippen molar-refractivity contribution < 1.29 is 9.50 Å². The van der Waals surface area contributed by atoms with E-state index in [-0.39, 0.29) is 5.82 Å². The number of benzene rings is 2. The Kier molecular flexibility index (Phi) is 5.24. The quantitative estimate of drug-likeness (QED) is 0.726. The van der Waals surface area contributed by atoms with E-state index in [1.165, 1.54) is 12.1 Å². The lowest BCUT2D eigenvalue weighted by Crippen LogP contribution is -2.30. The number of likely N-dealkylation sites (tertiary alicyclic amines) is 1. The molecule has 0 spiro atoms. The topological polar surface area (TPSA) is 23.5 Å². The molecule has 2 aliphatic rings. The molecule has 1 aliphatic heterocycles. The maximum Gasteiger partial charge on any atom is 0.123 e. The molecule has 4 atom stereocenters. The van der Waals surface area contributed by atoms with Gasteiger partial charge in [0.2, 0.25) is 0 Å². The van der Waals surface area contributed by atoms with Gasteiger partial charge in [-0.25, -0.2) is 4.39 Å². The number of fused-ring (bicyclic) bond motifs is 1. The molecule has 0 radical (unpaired) electrons. The number of halogens is 3. The molecule has 0 amide bonds. The normalized spacial score (nSPS) is 29.1. The highest BCUT2D eigenvalue weighted by Crippen LogP contribution is 2.49. The average Bonchev–Trinajstić information content (AvgIpc) is 3.10. The Bertz CT molecular complexity index is 812. The van der Waals surface area contributed by atoms with Gasteiger partial charge in [0.05, 0.1) is 5.60 Å². The molecule has 2 fully saturated rings. The first-order valence-corrected chi connectivity index (χ1v) is 10.3. The van der Waals surface area contributed by atoms with Crippen LogP contribution in [0.3, 0.4) is 0 Å². The van der Waals surface area contributed by atoms with Crippen LogP contribution in [0.2, 0.25) is 10.0 Å². The van der Waals surface area contributed by atoms with E-state index < -0.39 is 5.60 Å². The van der Waals surface area contributed by atoms with E-state index in [2.05, 4.69) is 11.8 Å². The molecule has 1 aliphatic carbocycles. The van der Waals surface area contributed by atoms with Crippen LogP contribution in [-0.2, 0) is 5.60 Å². The summed E-state index contributed by atoms with van der Waals surface area (Å²) in [7, 11) is 0. The molecule has 1 saturated heterocycles. The van der Waals surface area contributed by atoms with Gasteiger partial charge in [-0.1, -0.05) is 48.3 Å². The summed E-state index contributed by atoms with van der Waals surface area (Å²) in [6.07, 6.45) is 1.49. The molecule has 144 valence electrons. The number of hydrogen-bond donors (Lipinski definition) is 1. The molecule has 2 aromatic carbocycles. The molecule has 0 aromatic heterocycles. The van der Waals surface area contributed by atoms with Crippen LogP contribution in [0.1, 0.15) is 36.8 Å². The van der Waals surface area contributed by atoms with Gasteiger partial charge in [0, 0.05) is 29.7 Å². The zero-order valence-electron chi connectivity index (χ0n) is 15.3. The van der Waals surface area contributed by atoms with Crippen molar-refractivity contribution in [1.82, 2.24) is 4.90 Å². The van der Waals surface area contributed by atoms with E-state index in [4.69, 9.17) is 23.2 Å². The van der Waals surface area contributed by atoms with Gasteiger partial charge >= 0.3 is 0 Å². The van der Waals surface area contributed by atoms with Gasteiger partial charge in [0.25, 0.3) is 0 Å². The summed E-state index contributed by atoms with van der Waals surface area (Å²) in [5.41, 5.74) is 1.15. The van der Waals surface area contributed by atoms with E-state index in [9.17, 15) is 9.50 Å². The lowest BCUT2D eigenvalue weighted by molar-refractivity contribution is 0.0312. The predicted molar refractivity (Wildman–Crippen MR) is 108 cm³/mol. The fourth-order valence-corrected chi connectivity index (χ4v) is 5.58. The molecular weight excluding hydrogens is 384 g/mol. The van der Waals surface area contributed by atoms with Crippen molar-refractivity contribution in [3.63, 3.8) is 0 Å². The second-order valence-electron chi connectivity index (χ2n) is 8.25. The summed E-state index contributed by atoms with van der Waals surface area (Å²) in [6, 6.07) is 12.0. The second kappa shape index (κ2) is 7.36. The summed E-state index contributed by atoms with van der Waals surface area (Å²) >= 11 is 12.4. The van der Waals surface area contributed by atoms with Gasteiger partial charge in [0.15, 0.2) is 0 Å². The summed E-state index contributed by atoms with van der Waals surface area (Å²) in [5, 5.41) is 12.5. The largest absolute Gasteiger partial charge is 0.385 e. The molecule has 5 heteroatoms. The van der Waals surface area contributed by atoms with Gasteiger partial charge in [-0.2, -0.15) is 0 Å². The SMILES string of the molecule is CC(CN1C[C@@H]2CC(O)(c3ccc(F)cc3)C[C@@H]2C1)c1ccc(Cl)cc1Cl. The summed E-state index contributed by atoms with van der Waals surface area (Å²) in [5.74, 6) is 1.02. The average molecular weight is 408 g/mol. The Morgan fingerprint density at radius 1 is 1.11 bits per heavy atom. The molecule has 2 aromatic rings. The molecule has 1 heterocycles. The van der Waals surface area contributed by atoms with E-state index in [1.54, 1.807) is 18.2 Å².